The van der Waals surface area contributed by atoms with Crippen molar-refractivity contribution in [1.82, 2.24) is 14.9 Å². The lowest BCUT2D eigenvalue weighted by atomic mass is 9.88. The monoisotopic (exact) mass is 434 g/mol. The second-order valence-electron chi connectivity index (χ2n) is 9.22. The number of benzene rings is 2. The summed E-state index contributed by atoms with van der Waals surface area (Å²) >= 11 is 0. The standard InChI is InChI=1S/C26H31FN4O/c27-21-10-6-7-19(17-21)18-31-24-12-5-4-11-23(24)29-26(31)30-15-13-22(14-16-30)28-25(32)20-8-2-1-3-9-20/h4-7,10-12,17,20,22H,1-3,8-9,13-16,18H2,(H,28,32). The average molecular weight is 435 g/mol. The van der Waals surface area contributed by atoms with E-state index in [1.807, 2.05) is 24.3 Å². The number of piperidine rings is 1. The molecule has 1 saturated carbocycles. The topological polar surface area (TPSA) is 50.2 Å². The molecule has 0 radical (unpaired) electrons. The van der Waals surface area contributed by atoms with Crippen LogP contribution in [-0.2, 0) is 11.3 Å². The summed E-state index contributed by atoms with van der Waals surface area (Å²) < 4.78 is 16.0. The highest BCUT2D eigenvalue weighted by molar-refractivity contribution is 5.80. The number of hydrogen-bond acceptors (Lipinski definition) is 3. The van der Waals surface area contributed by atoms with E-state index in [4.69, 9.17) is 4.98 Å². The molecule has 5 nitrogen and oxygen atoms in total. The van der Waals surface area contributed by atoms with Crippen molar-refractivity contribution in [3.05, 3.63) is 59.9 Å². The summed E-state index contributed by atoms with van der Waals surface area (Å²) in [7, 11) is 0. The van der Waals surface area contributed by atoms with Crippen LogP contribution in [0.5, 0.6) is 0 Å². The van der Waals surface area contributed by atoms with E-state index in [0.717, 1.165) is 61.3 Å². The van der Waals surface area contributed by atoms with Crippen molar-refractivity contribution < 1.29 is 9.18 Å². The number of nitrogens with zero attached hydrogens (tertiary/aromatic N) is 3. The maximum absolute atomic E-state index is 13.8. The number of imidazole rings is 1. The van der Waals surface area contributed by atoms with E-state index in [0.29, 0.717) is 6.54 Å². The van der Waals surface area contributed by atoms with Crippen molar-refractivity contribution in [2.45, 2.75) is 57.5 Å². The number of halogens is 1. The molecule has 5 rings (SSSR count). The van der Waals surface area contributed by atoms with Gasteiger partial charge in [-0.1, -0.05) is 43.5 Å². The Kier molecular flexibility index (Phi) is 6.10. The number of para-hydroxylation sites is 2. The minimum absolute atomic E-state index is 0.206. The number of carbonyl (C=O) groups is 1. The largest absolute Gasteiger partial charge is 0.353 e. The molecule has 0 atom stereocenters. The zero-order valence-corrected chi connectivity index (χ0v) is 18.5. The lowest BCUT2D eigenvalue weighted by Crippen LogP contribution is -2.47. The number of amides is 1. The highest BCUT2D eigenvalue weighted by Crippen LogP contribution is 2.28. The summed E-state index contributed by atoms with van der Waals surface area (Å²) in [6.45, 7) is 2.27. The number of carbonyl (C=O) groups excluding carboxylic acids is 1. The van der Waals surface area contributed by atoms with Gasteiger partial charge in [0.1, 0.15) is 5.82 Å². The lowest BCUT2D eigenvalue weighted by molar-refractivity contribution is -0.126. The van der Waals surface area contributed by atoms with Crippen LogP contribution in [0.4, 0.5) is 10.3 Å². The fourth-order valence-corrected chi connectivity index (χ4v) is 5.19. The maximum atomic E-state index is 13.8. The van der Waals surface area contributed by atoms with Gasteiger partial charge in [-0.2, -0.15) is 0 Å². The highest BCUT2D eigenvalue weighted by atomic mass is 19.1. The molecule has 168 valence electrons. The molecular weight excluding hydrogens is 403 g/mol. The van der Waals surface area contributed by atoms with Gasteiger partial charge < -0.3 is 14.8 Å². The predicted molar refractivity (Wildman–Crippen MR) is 125 cm³/mol. The molecule has 1 N–H and O–H groups in total. The van der Waals surface area contributed by atoms with Gasteiger partial charge in [0.15, 0.2) is 0 Å². The summed E-state index contributed by atoms with van der Waals surface area (Å²) in [5.41, 5.74) is 2.93. The molecule has 2 aliphatic rings. The Bertz CT molecular complexity index is 1080. The van der Waals surface area contributed by atoms with E-state index in [-0.39, 0.29) is 23.7 Å². The van der Waals surface area contributed by atoms with E-state index in [1.54, 1.807) is 12.1 Å². The average Bonchev–Trinajstić information content (AvgIpc) is 3.18. The van der Waals surface area contributed by atoms with E-state index < -0.39 is 0 Å². The zero-order valence-electron chi connectivity index (χ0n) is 18.5. The van der Waals surface area contributed by atoms with Crippen LogP contribution in [0.1, 0.15) is 50.5 Å². The van der Waals surface area contributed by atoms with Gasteiger partial charge in [0.2, 0.25) is 11.9 Å². The predicted octanol–water partition coefficient (Wildman–Crippen LogP) is 4.89. The summed E-state index contributed by atoms with van der Waals surface area (Å²) in [4.78, 5) is 19.9. The minimum atomic E-state index is -0.219. The van der Waals surface area contributed by atoms with Crippen LogP contribution in [-0.4, -0.2) is 34.6 Å². The van der Waals surface area contributed by atoms with E-state index in [2.05, 4.69) is 20.9 Å². The number of fused-ring (bicyclic) bond motifs is 1. The molecule has 6 heteroatoms. The molecule has 1 aliphatic heterocycles. The Morgan fingerprint density at radius 2 is 1.78 bits per heavy atom. The van der Waals surface area contributed by atoms with Crippen molar-refractivity contribution in [1.29, 1.82) is 0 Å². The summed E-state index contributed by atoms with van der Waals surface area (Å²) in [5, 5.41) is 3.31. The number of nitrogens with one attached hydrogen (secondary N) is 1. The van der Waals surface area contributed by atoms with Crippen LogP contribution in [0.2, 0.25) is 0 Å². The van der Waals surface area contributed by atoms with E-state index in [9.17, 15) is 9.18 Å². The zero-order chi connectivity index (χ0) is 21.9. The third-order valence-corrected chi connectivity index (χ3v) is 6.96. The van der Waals surface area contributed by atoms with Crippen LogP contribution in [0.15, 0.2) is 48.5 Å². The molecule has 2 heterocycles. The first-order valence-corrected chi connectivity index (χ1v) is 11.9. The Morgan fingerprint density at radius 1 is 1.00 bits per heavy atom. The first kappa shape index (κ1) is 21.0. The molecule has 32 heavy (non-hydrogen) atoms. The van der Waals surface area contributed by atoms with Crippen LogP contribution < -0.4 is 10.2 Å². The third kappa shape index (κ3) is 4.50. The molecular formula is C26H31FN4O. The minimum Gasteiger partial charge on any atom is -0.353 e. The van der Waals surface area contributed by atoms with Crippen molar-refractivity contribution in [2.24, 2.45) is 5.92 Å². The van der Waals surface area contributed by atoms with Gasteiger partial charge in [0.05, 0.1) is 17.6 Å². The van der Waals surface area contributed by atoms with Crippen LogP contribution in [0, 0.1) is 11.7 Å². The summed E-state index contributed by atoms with van der Waals surface area (Å²) in [5.74, 6) is 1.16. The van der Waals surface area contributed by atoms with Crippen molar-refractivity contribution >= 4 is 22.9 Å². The molecule has 2 fully saturated rings. The molecule has 3 aromatic rings. The number of hydrogen-bond donors (Lipinski definition) is 1. The van der Waals surface area contributed by atoms with E-state index >= 15 is 0 Å². The Hall–Kier alpha value is -2.89. The number of anilines is 1. The van der Waals surface area contributed by atoms with Crippen LogP contribution >= 0.6 is 0 Å². The second kappa shape index (κ2) is 9.31. The third-order valence-electron chi connectivity index (χ3n) is 6.96. The molecule has 0 spiro atoms. The fourth-order valence-electron chi connectivity index (χ4n) is 5.19. The van der Waals surface area contributed by atoms with Gasteiger partial charge in [-0.15, -0.1) is 0 Å². The lowest BCUT2D eigenvalue weighted by Gasteiger charge is -2.34. The molecule has 1 aliphatic carbocycles. The Labute approximate surface area is 188 Å². The van der Waals surface area contributed by atoms with Gasteiger partial charge in [0.25, 0.3) is 0 Å². The Balaban J connectivity index is 1.30. The molecule has 0 bridgehead atoms. The van der Waals surface area contributed by atoms with Gasteiger partial charge >= 0.3 is 0 Å². The van der Waals surface area contributed by atoms with Crippen LogP contribution in [0.25, 0.3) is 11.0 Å². The maximum Gasteiger partial charge on any atom is 0.223 e. The second-order valence-corrected chi connectivity index (χ2v) is 9.22. The van der Waals surface area contributed by atoms with Gasteiger partial charge in [0, 0.05) is 25.0 Å². The van der Waals surface area contributed by atoms with Crippen molar-refractivity contribution in [3.63, 3.8) is 0 Å². The van der Waals surface area contributed by atoms with Gasteiger partial charge in [-0.05, 0) is 55.5 Å². The quantitative estimate of drug-likeness (QED) is 0.622. The Morgan fingerprint density at radius 3 is 2.56 bits per heavy atom. The summed E-state index contributed by atoms with van der Waals surface area (Å²) in [6, 6.07) is 15.1. The summed E-state index contributed by atoms with van der Waals surface area (Å²) in [6.07, 6.45) is 7.53. The SMILES string of the molecule is O=C(NC1CCN(c2nc3ccccc3n2Cc2cccc(F)c2)CC1)C1CCCCC1. The first-order chi connectivity index (χ1) is 15.7. The molecule has 1 amide bonds. The fraction of sp³-hybridized carbons (Fsp3) is 0.462. The number of aromatic nitrogens is 2. The van der Waals surface area contributed by atoms with Gasteiger partial charge in [-0.3, -0.25) is 4.79 Å². The molecule has 1 aromatic heterocycles. The number of rotatable bonds is 5. The van der Waals surface area contributed by atoms with Crippen LogP contribution in [0.3, 0.4) is 0 Å². The van der Waals surface area contributed by atoms with E-state index in [1.165, 1.54) is 25.3 Å². The first-order valence-electron chi connectivity index (χ1n) is 11.9. The van der Waals surface area contributed by atoms with Crippen molar-refractivity contribution in [2.75, 3.05) is 18.0 Å². The molecule has 2 aromatic carbocycles. The molecule has 1 saturated heterocycles. The normalized spacial score (nSPS) is 18.2. The van der Waals surface area contributed by atoms with Gasteiger partial charge in [-0.25, -0.2) is 9.37 Å². The smallest absolute Gasteiger partial charge is 0.223 e. The van der Waals surface area contributed by atoms with Crippen molar-refractivity contribution in [3.8, 4) is 0 Å². The highest BCUT2D eigenvalue weighted by Gasteiger charge is 2.27. The molecule has 0 unspecified atom stereocenters.